The normalized spacial score (nSPS) is 31.0. The van der Waals surface area contributed by atoms with Gasteiger partial charge in [-0.15, -0.1) is 0 Å². The van der Waals surface area contributed by atoms with Gasteiger partial charge in [0.25, 0.3) is 0 Å². The molecular formula is C15H33N3. The molecule has 1 fully saturated rings. The Morgan fingerprint density at radius 3 is 2.56 bits per heavy atom. The summed E-state index contributed by atoms with van der Waals surface area (Å²) >= 11 is 0. The van der Waals surface area contributed by atoms with Crippen molar-refractivity contribution in [3.63, 3.8) is 0 Å². The first-order valence-corrected chi connectivity index (χ1v) is 7.54. The van der Waals surface area contributed by atoms with E-state index in [4.69, 9.17) is 5.73 Å². The molecule has 0 aromatic rings. The van der Waals surface area contributed by atoms with Crippen LogP contribution in [0, 0.1) is 5.92 Å². The fraction of sp³-hybridized carbons (Fsp3) is 1.00. The zero-order valence-electron chi connectivity index (χ0n) is 13.1. The lowest BCUT2D eigenvalue weighted by molar-refractivity contribution is 0.112. The SMILES string of the molecule is CCN(CC1(N)CCCC(C)C1)C(C)CN(C)C. The summed E-state index contributed by atoms with van der Waals surface area (Å²) in [5, 5.41) is 0. The van der Waals surface area contributed by atoms with Gasteiger partial charge >= 0.3 is 0 Å². The molecule has 3 unspecified atom stereocenters. The molecule has 3 heteroatoms. The molecule has 0 radical (unpaired) electrons. The number of rotatable bonds is 6. The average Bonchev–Trinajstić information content (AvgIpc) is 2.24. The number of hydrogen-bond acceptors (Lipinski definition) is 3. The lowest BCUT2D eigenvalue weighted by Crippen LogP contribution is -2.55. The predicted octanol–water partition coefficient (Wildman–Crippen LogP) is 2.17. The molecule has 1 saturated carbocycles. The van der Waals surface area contributed by atoms with E-state index >= 15 is 0 Å². The molecule has 0 aliphatic heterocycles. The lowest BCUT2D eigenvalue weighted by Gasteiger charge is -2.42. The largest absolute Gasteiger partial charge is 0.324 e. The molecule has 0 aromatic carbocycles. The van der Waals surface area contributed by atoms with E-state index in [9.17, 15) is 0 Å². The van der Waals surface area contributed by atoms with Crippen molar-refractivity contribution in [3.05, 3.63) is 0 Å². The van der Waals surface area contributed by atoms with Crippen LogP contribution in [0.25, 0.3) is 0 Å². The van der Waals surface area contributed by atoms with E-state index in [0.717, 1.165) is 25.6 Å². The fourth-order valence-electron chi connectivity index (χ4n) is 3.47. The summed E-state index contributed by atoms with van der Waals surface area (Å²) in [6.07, 6.45) is 5.05. The Morgan fingerprint density at radius 1 is 1.39 bits per heavy atom. The minimum absolute atomic E-state index is 0.0499. The second-order valence-electron chi connectivity index (χ2n) is 6.74. The third kappa shape index (κ3) is 4.87. The lowest BCUT2D eigenvalue weighted by atomic mass is 9.76. The van der Waals surface area contributed by atoms with E-state index < -0.39 is 0 Å². The van der Waals surface area contributed by atoms with Crippen LogP contribution >= 0.6 is 0 Å². The van der Waals surface area contributed by atoms with Crippen molar-refractivity contribution in [2.75, 3.05) is 33.7 Å². The Morgan fingerprint density at radius 2 is 2.06 bits per heavy atom. The maximum absolute atomic E-state index is 6.64. The van der Waals surface area contributed by atoms with Gasteiger partial charge in [0, 0.05) is 24.7 Å². The molecule has 0 amide bonds. The van der Waals surface area contributed by atoms with Gasteiger partial charge in [-0.05, 0) is 46.3 Å². The molecule has 1 aliphatic carbocycles. The van der Waals surface area contributed by atoms with Crippen LogP contribution in [0.4, 0.5) is 0 Å². The summed E-state index contributed by atoms with van der Waals surface area (Å²) in [7, 11) is 4.29. The molecule has 0 spiro atoms. The Kier molecular flexibility index (Phi) is 6.09. The first kappa shape index (κ1) is 15.9. The van der Waals surface area contributed by atoms with Crippen molar-refractivity contribution < 1.29 is 0 Å². The van der Waals surface area contributed by atoms with Gasteiger partial charge < -0.3 is 10.6 Å². The maximum atomic E-state index is 6.64. The summed E-state index contributed by atoms with van der Waals surface area (Å²) in [6, 6.07) is 0.586. The second kappa shape index (κ2) is 6.88. The van der Waals surface area contributed by atoms with Crippen molar-refractivity contribution in [1.82, 2.24) is 9.80 Å². The fourth-order valence-corrected chi connectivity index (χ4v) is 3.47. The molecule has 0 saturated heterocycles. The molecule has 0 heterocycles. The van der Waals surface area contributed by atoms with Crippen LogP contribution in [0.2, 0.25) is 0 Å². The third-order valence-electron chi connectivity index (χ3n) is 4.30. The highest BCUT2D eigenvalue weighted by Gasteiger charge is 2.33. The Labute approximate surface area is 114 Å². The van der Waals surface area contributed by atoms with Crippen LogP contribution in [-0.4, -0.2) is 55.1 Å². The van der Waals surface area contributed by atoms with Crippen LogP contribution in [0.1, 0.15) is 46.5 Å². The average molecular weight is 255 g/mol. The Bertz CT molecular complexity index is 242. The minimum atomic E-state index is 0.0499. The van der Waals surface area contributed by atoms with Crippen LogP contribution in [0.5, 0.6) is 0 Å². The highest BCUT2D eigenvalue weighted by molar-refractivity contribution is 4.93. The van der Waals surface area contributed by atoms with Crippen LogP contribution in [-0.2, 0) is 0 Å². The number of nitrogens with two attached hydrogens (primary N) is 1. The molecule has 3 atom stereocenters. The maximum Gasteiger partial charge on any atom is 0.0286 e. The van der Waals surface area contributed by atoms with Gasteiger partial charge in [-0.1, -0.05) is 26.7 Å². The molecule has 108 valence electrons. The van der Waals surface area contributed by atoms with E-state index in [1.807, 2.05) is 0 Å². The number of likely N-dealkylation sites (N-methyl/N-ethyl adjacent to an activating group) is 2. The van der Waals surface area contributed by atoms with Crippen LogP contribution < -0.4 is 5.73 Å². The van der Waals surface area contributed by atoms with E-state index in [1.165, 1.54) is 25.7 Å². The zero-order valence-corrected chi connectivity index (χ0v) is 13.1. The summed E-state index contributed by atoms with van der Waals surface area (Å²) in [5.41, 5.74) is 6.69. The Balaban J connectivity index is 2.55. The van der Waals surface area contributed by atoms with E-state index in [2.05, 4.69) is 44.7 Å². The number of nitrogens with zero attached hydrogens (tertiary/aromatic N) is 2. The third-order valence-corrected chi connectivity index (χ3v) is 4.30. The van der Waals surface area contributed by atoms with Crippen molar-refractivity contribution >= 4 is 0 Å². The summed E-state index contributed by atoms with van der Waals surface area (Å²) in [5.74, 6) is 0.798. The number of hydrogen-bond donors (Lipinski definition) is 1. The van der Waals surface area contributed by atoms with Gasteiger partial charge in [-0.25, -0.2) is 0 Å². The summed E-state index contributed by atoms with van der Waals surface area (Å²) in [6.45, 7) is 10.2. The van der Waals surface area contributed by atoms with Crippen LogP contribution in [0.15, 0.2) is 0 Å². The minimum Gasteiger partial charge on any atom is -0.324 e. The monoisotopic (exact) mass is 255 g/mol. The zero-order chi connectivity index (χ0) is 13.8. The molecule has 0 bridgehead atoms. The first-order chi connectivity index (χ1) is 8.36. The quantitative estimate of drug-likeness (QED) is 0.789. The van der Waals surface area contributed by atoms with E-state index in [-0.39, 0.29) is 5.54 Å². The van der Waals surface area contributed by atoms with Crippen molar-refractivity contribution in [2.24, 2.45) is 11.7 Å². The molecular weight excluding hydrogens is 222 g/mol. The first-order valence-electron chi connectivity index (χ1n) is 7.54. The molecule has 1 rings (SSSR count). The van der Waals surface area contributed by atoms with Crippen LogP contribution in [0.3, 0.4) is 0 Å². The standard InChI is InChI=1S/C15H33N3/c1-6-18(14(3)11-17(4)5)12-15(16)9-7-8-13(2)10-15/h13-14H,6-12,16H2,1-5H3. The molecule has 2 N–H and O–H groups in total. The molecule has 1 aliphatic rings. The van der Waals surface area contributed by atoms with Crippen molar-refractivity contribution in [2.45, 2.75) is 58.0 Å². The van der Waals surface area contributed by atoms with Gasteiger partial charge in [0.1, 0.15) is 0 Å². The van der Waals surface area contributed by atoms with Gasteiger partial charge in [-0.2, -0.15) is 0 Å². The second-order valence-corrected chi connectivity index (χ2v) is 6.74. The molecule has 18 heavy (non-hydrogen) atoms. The van der Waals surface area contributed by atoms with E-state index in [0.29, 0.717) is 6.04 Å². The van der Waals surface area contributed by atoms with Crippen molar-refractivity contribution in [1.29, 1.82) is 0 Å². The topological polar surface area (TPSA) is 32.5 Å². The van der Waals surface area contributed by atoms with Gasteiger partial charge in [0.2, 0.25) is 0 Å². The summed E-state index contributed by atoms with van der Waals surface area (Å²) < 4.78 is 0. The predicted molar refractivity (Wildman–Crippen MR) is 79.8 cm³/mol. The molecule has 0 aromatic heterocycles. The highest BCUT2D eigenvalue weighted by atomic mass is 15.2. The smallest absolute Gasteiger partial charge is 0.0286 e. The van der Waals surface area contributed by atoms with E-state index in [1.54, 1.807) is 0 Å². The van der Waals surface area contributed by atoms with Gasteiger partial charge in [0.15, 0.2) is 0 Å². The molecule has 3 nitrogen and oxygen atoms in total. The highest BCUT2D eigenvalue weighted by Crippen LogP contribution is 2.31. The van der Waals surface area contributed by atoms with Gasteiger partial charge in [0.05, 0.1) is 0 Å². The van der Waals surface area contributed by atoms with Crippen molar-refractivity contribution in [3.8, 4) is 0 Å². The summed E-state index contributed by atoms with van der Waals surface area (Å²) in [4.78, 5) is 4.82. The van der Waals surface area contributed by atoms with Gasteiger partial charge in [-0.3, -0.25) is 4.90 Å². The Hall–Kier alpha value is -0.120.